The van der Waals surface area contributed by atoms with Gasteiger partial charge in [-0.3, -0.25) is 9.48 Å². The molecule has 1 aromatic heterocycles. The third-order valence-electron chi connectivity index (χ3n) is 3.88. The molecule has 2 heterocycles. The Kier molecular flexibility index (Phi) is 3.11. The summed E-state index contributed by atoms with van der Waals surface area (Å²) in [6, 6.07) is 8.00. The van der Waals surface area contributed by atoms with E-state index in [0.717, 1.165) is 23.0 Å². The first-order valence-corrected chi connectivity index (χ1v) is 6.71. The molecule has 0 aliphatic carbocycles. The molecule has 0 saturated carbocycles. The van der Waals surface area contributed by atoms with E-state index in [-0.39, 0.29) is 11.9 Å². The summed E-state index contributed by atoms with van der Waals surface area (Å²) < 4.78 is 7.36. The molecule has 1 fully saturated rings. The van der Waals surface area contributed by atoms with E-state index in [1.165, 1.54) is 0 Å². The summed E-state index contributed by atoms with van der Waals surface area (Å²) in [5.41, 5.74) is 1.91. The van der Waals surface area contributed by atoms with E-state index in [1.54, 1.807) is 0 Å². The number of Topliss-reactive ketones (excluding diaryl/α,β-unsaturated/α-hetero) is 1. The summed E-state index contributed by atoms with van der Waals surface area (Å²) in [4.78, 5) is 12.3. The van der Waals surface area contributed by atoms with Gasteiger partial charge in [-0.2, -0.15) is 5.10 Å². The van der Waals surface area contributed by atoms with E-state index in [4.69, 9.17) is 4.74 Å². The molecule has 100 valence electrons. The normalized spacial score (nSPS) is 23.1. The Morgan fingerprint density at radius 1 is 1.47 bits per heavy atom. The van der Waals surface area contributed by atoms with Crippen LogP contribution in [0.5, 0.6) is 0 Å². The molecule has 2 unspecified atom stereocenters. The van der Waals surface area contributed by atoms with Crippen molar-refractivity contribution >= 4 is 16.7 Å². The fourth-order valence-corrected chi connectivity index (χ4v) is 2.79. The number of aromatic nitrogens is 2. The minimum atomic E-state index is -0.249. The van der Waals surface area contributed by atoms with Crippen molar-refractivity contribution in [2.75, 3.05) is 6.61 Å². The molecule has 3 rings (SSSR count). The van der Waals surface area contributed by atoms with Crippen LogP contribution in [-0.4, -0.2) is 28.3 Å². The number of aryl methyl sites for hydroxylation is 1. The van der Waals surface area contributed by atoms with Gasteiger partial charge in [0, 0.05) is 19.0 Å². The van der Waals surface area contributed by atoms with Crippen LogP contribution in [0.4, 0.5) is 0 Å². The van der Waals surface area contributed by atoms with Gasteiger partial charge in [-0.1, -0.05) is 25.1 Å². The van der Waals surface area contributed by atoms with Gasteiger partial charge in [0.05, 0.1) is 17.6 Å². The molecule has 0 N–H and O–H groups in total. The smallest absolute Gasteiger partial charge is 0.167 e. The molecule has 1 aromatic carbocycles. The van der Waals surface area contributed by atoms with Gasteiger partial charge in [0.15, 0.2) is 5.78 Å². The largest absolute Gasteiger partial charge is 0.370 e. The van der Waals surface area contributed by atoms with Crippen LogP contribution in [0.15, 0.2) is 24.3 Å². The summed E-state index contributed by atoms with van der Waals surface area (Å²) in [6.45, 7) is 2.77. The number of carbonyl (C=O) groups excluding carboxylic acids is 1. The van der Waals surface area contributed by atoms with E-state index in [2.05, 4.69) is 12.0 Å². The highest BCUT2D eigenvalue weighted by molar-refractivity contribution is 5.90. The molecular weight excluding hydrogens is 240 g/mol. The number of ketones is 1. The summed E-state index contributed by atoms with van der Waals surface area (Å²) in [7, 11) is 1.91. The Balaban J connectivity index is 1.87. The van der Waals surface area contributed by atoms with Crippen molar-refractivity contribution in [3.05, 3.63) is 30.0 Å². The molecule has 4 heteroatoms. The van der Waals surface area contributed by atoms with Gasteiger partial charge in [0.25, 0.3) is 0 Å². The van der Waals surface area contributed by atoms with Crippen molar-refractivity contribution < 1.29 is 9.53 Å². The average molecular weight is 258 g/mol. The molecular formula is C15H18N2O2. The van der Waals surface area contributed by atoms with Crippen molar-refractivity contribution in [3.8, 4) is 0 Å². The maximum absolute atomic E-state index is 12.3. The molecule has 0 spiro atoms. The van der Waals surface area contributed by atoms with Gasteiger partial charge >= 0.3 is 0 Å². The van der Waals surface area contributed by atoms with E-state index >= 15 is 0 Å². The number of benzene rings is 1. The second-order valence-electron chi connectivity index (χ2n) is 5.29. The summed E-state index contributed by atoms with van der Waals surface area (Å²) in [5, 5.41) is 5.53. The molecule has 0 bridgehead atoms. The summed E-state index contributed by atoms with van der Waals surface area (Å²) >= 11 is 0. The highest BCUT2D eigenvalue weighted by atomic mass is 16.5. The van der Waals surface area contributed by atoms with Crippen molar-refractivity contribution in [1.82, 2.24) is 9.78 Å². The van der Waals surface area contributed by atoms with Crippen LogP contribution in [0.1, 0.15) is 19.0 Å². The molecule has 2 atom stereocenters. The monoisotopic (exact) mass is 258 g/mol. The maximum Gasteiger partial charge on any atom is 0.167 e. The number of carbonyl (C=O) groups is 1. The zero-order chi connectivity index (χ0) is 13.4. The third kappa shape index (κ3) is 2.16. The summed E-state index contributed by atoms with van der Waals surface area (Å²) in [6.07, 6.45) is 1.08. The number of hydrogen-bond acceptors (Lipinski definition) is 3. The van der Waals surface area contributed by atoms with Crippen LogP contribution in [-0.2, 0) is 23.0 Å². The average Bonchev–Trinajstić information content (AvgIpc) is 2.95. The highest BCUT2D eigenvalue weighted by Gasteiger charge is 2.31. The highest BCUT2D eigenvalue weighted by Crippen LogP contribution is 2.24. The quantitative estimate of drug-likeness (QED) is 0.847. The Morgan fingerprint density at radius 3 is 3.00 bits per heavy atom. The van der Waals surface area contributed by atoms with Gasteiger partial charge in [0.2, 0.25) is 0 Å². The van der Waals surface area contributed by atoms with Crippen LogP contribution < -0.4 is 0 Å². The minimum Gasteiger partial charge on any atom is -0.370 e. The van der Waals surface area contributed by atoms with Crippen molar-refractivity contribution in [3.63, 3.8) is 0 Å². The van der Waals surface area contributed by atoms with Crippen LogP contribution in [0.3, 0.4) is 0 Å². The predicted octanol–water partition coefficient (Wildman–Crippen LogP) is 2.11. The van der Waals surface area contributed by atoms with Gasteiger partial charge in [-0.25, -0.2) is 0 Å². The number of para-hydroxylation sites is 1. The van der Waals surface area contributed by atoms with Gasteiger partial charge in [-0.05, 0) is 18.4 Å². The van der Waals surface area contributed by atoms with E-state index < -0.39 is 0 Å². The second kappa shape index (κ2) is 4.78. The summed E-state index contributed by atoms with van der Waals surface area (Å²) in [5.74, 6) is 0.469. The number of rotatable bonds is 3. The van der Waals surface area contributed by atoms with Crippen LogP contribution >= 0.6 is 0 Å². The van der Waals surface area contributed by atoms with Crippen LogP contribution in [0, 0.1) is 5.92 Å². The SMILES string of the molecule is CC1CCOC1C(=O)Cc1nn(C)c2ccccc12. The van der Waals surface area contributed by atoms with Gasteiger partial charge < -0.3 is 4.74 Å². The molecule has 0 amide bonds. The molecule has 19 heavy (non-hydrogen) atoms. The molecule has 0 radical (unpaired) electrons. The van der Waals surface area contributed by atoms with Crippen molar-refractivity contribution in [2.24, 2.45) is 13.0 Å². The fraction of sp³-hybridized carbons (Fsp3) is 0.467. The van der Waals surface area contributed by atoms with E-state index in [0.29, 0.717) is 18.9 Å². The lowest BCUT2D eigenvalue weighted by Gasteiger charge is -2.12. The Bertz CT molecular complexity index is 618. The molecule has 4 nitrogen and oxygen atoms in total. The Labute approximate surface area is 112 Å². The number of fused-ring (bicyclic) bond motifs is 1. The maximum atomic E-state index is 12.3. The first-order valence-electron chi connectivity index (χ1n) is 6.71. The first kappa shape index (κ1) is 12.4. The number of ether oxygens (including phenoxy) is 1. The molecule has 1 aliphatic rings. The fourth-order valence-electron chi connectivity index (χ4n) is 2.79. The minimum absolute atomic E-state index is 0.147. The molecule has 1 saturated heterocycles. The van der Waals surface area contributed by atoms with E-state index in [1.807, 2.05) is 36.0 Å². The zero-order valence-electron chi connectivity index (χ0n) is 11.3. The second-order valence-corrected chi connectivity index (χ2v) is 5.29. The lowest BCUT2D eigenvalue weighted by molar-refractivity contribution is -0.128. The Morgan fingerprint density at radius 2 is 2.26 bits per heavy atom. The van der Waals surface area contributed by atoms with Crippen molar-refractivity contribution in [2.45, 2.75) is 25.9 Å². The number of nitrogens with zero attached hydrogens (tertiary/aromatic N) is 2. The topological polar surface area (TPSA) is 44.1 Å². The van der Waals surface area contributed by atoms with Gasteiger partial charge in [0.1, 0.15) is 6.10 Å². The van der Waals surface area contributed by atoms with Crippen molar-refractivity contribution in [1.29, 1.82) is 0 Å². The lowest BCUT2D eigenvalue weighted by Crippen LogP contribution is -2.27. The zero-order valence-corrected chi connectivity index (χ0v) is 11.3. The molecule has 1 aliphatic heterocycles. The van der Waals surface area contributed by atoms with Gasteiger partial charge in [-0.15, -0.1) is 0 Å². The predicted molar refractivity (Wildman–Crippen MR) is 72.9 cm³/mol. The molecule has 2 aromatic rings. The Hall–Kier alpha value is -1.68. The standard InChI is InChI=1S/C15H18N2O2/c1-10-7-8-19-15(10)14(18)9-12-11-5-3-4-6-13(11)17(2)16-12/h3-6,10,15H,7-9H2,1-2H3. The third-order valence-corrected chi connectivity index (χ3v) is 3.88. The number of hydrogen-bond donors (Lipinski definition) is 0. The van der Waals surface area contributed by atoms with E-state index in [9.17, 15) is 4.79 Å². The van der Waals surface area contributed by atoms with Crippen LogP contribution in [0.2, 0.25) is 0 Å². The lowest BCUT2D eigenvalue weighted by atomic mass is 9.97. The first-order chi connectivity index (χ1) is 9.16. The van der Waals surface area contributed by atoms with Crippen LogP contribution in [0.25, 0.3) is 10.9 Å².